The van der Waals surface area contributed by atoms with Crippen LogP contribution in [0.3, 0.4) is 0 Å². The summed E-state index contributed by atoms with van der Waals surface area (Å²) < 4.78 is 4.83. The van der Waals surface area contributed by atoms with Gasteiger partial charge in [0.25, 0.3) is 0 Å². The molecule has 0 saturated heterocycles. The van der Waals surface area contributed by atoms with Gasteiger partial charge in [0, 0.05) is 0 Å². The monoisotopic (exact) mass is 214 g/mol. The summed E-state index contributed by atoms with van der Waals surface area (Å²) in [4.78, 5) is 11.2. The molecule has 1 aliphatic carbocycles. The fraction of sp³-hybridized carbons (Fsp3) is 0.917. The number of hydrogen-bond donors (Lipinski definition) is 1. The second-order valence-electron chi connectivity index (χ2n) is 4.60. The van der Waals surface area contributed by atoms with Crippen LogP contribution >= 0.6 is 0 Å². The summed E-state index contributed by atoms with van der Waals surface area (Å²) >= 11 is 0. The van der Waals surface area contributed by atoms with Gasteiger partial charge in [-0.3, -0.25) is 4.79 Å². The molecule has 88 valence electrons. The van der Waals surface area contributed by atoms with Crippen molar-refractivity contribution in [2.24, 2.45) is 11.8 Å². The number of rotatable bonds is 4. The van der Waals surface area contributed by atoms with Crippen molar-refractivity contribution >= 4 is 5.97 Å². The van der Waals surface area contributed by atoms with E-state index in [1.807, 2.05) is 0 Å². The van der Waals surface area contributed by atoms with Gasteiger partial charge in [-0.2, -0.15) is 0 Å². The van der Waals surface area contributed by atoms with Gasteiger partial charge in [0.15, 0.2) is 0 Å². The molecule has 3 heteroatoms. The molecule has 1 atom stereocenters. The maximum absolute atomic E-state index is 11.2. The Morgan fingerprint density at radius 2 is 2.00 bits per heavy atom. The van der Waals surface area contributed by atoms with Crippen molar-refractivity contribution in [3.63, 3.8) is 0 Å². The predicted octanol–water partition coefficient (Wildman–Crippen LogP) is 2.13. The largest absolute Gasteiger partial charge is 0.466 e. The molecule has 0 spiro atoms. The van der Waals surface area contributed by atoms with Crippen molar-refractivity contribution in [1.29, 1.82) is 0 Å². The predicted molar refractivity (Wildman–Crippen MR) is 58.4 cm³/mol. The van der Waals surface area contributed by atoms with Crippen LogP contribution in [0.25, 0.3) is 0 Å². The van der Waals surface area contributed by atoms with Crippen molar-refractivity contribution in [2.75, 3.05) is 6.61 Å². The molecule has 15 heavy (non-hydrogen) atoms. The highest BCUT2D eigenvalue weighted by Crippen LogP contribution is 2.31. The fourth-order valence-corrected chi connectivity index (χ4v) is 2.23. The van der Waals surface area contributed by atoms with E-state index in [9.17, 15) is 9.90 Å². The van der Waals surface area contributed by atoms with Crippen molar-refractivity contribution in [3.8, 4) is 0 Å². The van der Waals surface area contributed by atoms with Gasteiger partial charge in [0.05, 0.1) is 19.1 Å². The van der Waals surface area contributed by atoms with E-state index >= 15 is 0 Å². The summed E-state index contributed by atoms with van der Waals surface area (Å²) in [6, 6.07) is 0. The van der Waals surface area contributed by atoms with Gasteiger partial charge in [0.2, 0.25) is 0 Å². The zero-order valence-corrected chi connectivity index (χ0v) is 9.74. The molecular formula is C12H22O3. The number of hydrogen-bond acceptors (Lipinski definition) is 3. The molecule has 0 aliphatic heterocycles. The van der Waals surface area contributed by atoms with E-state index in [2.05, 4.69) is 6.92 Å². The molecule has 1 unspecified atom stereocenters. The lowest BCUT2D eigenvalue weighted by Gasteiger charge is -2.29. The highest BCUT2D eigenvalue weighted by atomic mass is 16.5. The van der Waals surface area contributed by atoms with Crippen LogP contribution in [0.5, 0.6) is 0 Å². The smallest absolute Gasteiger partial charge is 0.308 e. The summed E-state index contributed by atoms with van der Waals surface area (Å²) in [6.07, 6.45) is 4.09. The van der Waals surface area contributed by atoms with Crippen LogP contribution in [-0.2, 0) is 9.53 Å². The van der Waals surface area contributed by atoms with E-state index in [1.165, 1.54) is 12.8 Å². The lowest BCUT2D eigenvalue weighted by molar-refractivity contribution is -0.146. The van der Waals surface area contributed by atoms with Gasteiger partial charge >= 0.3 is 5.97 Å². The second kappa shape index (κ2) is 6.11. The minimum absolute atomic E-state index is 0.160. The van der Waals surface area contributed by atoms with E-state index in [1.54, 1.807) is 6.92 Å². The van der Waals surface area contributed by atoms with Crippen molar-refractivity contribution in [3.05, 3.63) is 0 Å². The first-order chi connectivity index (χ1) is 7.13. The maximum atomic E-state index is 11.2. The summed E-state index contributed by atoms with van der Waals surface area (Å²) in [5.74, 6) is 0.797. The molecule has 1 fully saturated rings. The van der Waals surface area contributed by atoms with Crippen LogP contribution in [0.15, 0.2) is 0 Å². The first-order valence-corrected chi connectivity index (χ1v) is 5.97. The number of carbonyl (C=O) groups excluding carboxylic acids is 1. The molecule has 1 saturated carbocycles. The van der Waals surface area contributed by atoms with E-state index in [0.29, 0.717) is 12.5 Å². The quantitative estimate of drug-likeness (QED) is 0.729. The number of esters is 1. The molecule has 0 aromatic rings. The summed E-state index contributed by atoms with van der Waals surface area (Å²) in [7, 11) is 0. The molecular weight excluding hydrogens is 192 g/mol. The second-order valence-corrected chi connectivity index (χ2v) is 4.60. The molecule has 0 amide bonds. The van der Waals surface area contributed by atoms with Gasteiger partial charge in [-0.1, -0.05) is 19.8 Å². The average molecular weight is 214 g/mol. The lowest BCUT2D eigenvalue weighted by Crippen LogP contribution is -2.28. The van der Waals surface area contributed by atoms with Crippen LogP contribution in [0.4, 0.5) is 0 Å². The third-order valence-electron chi connectivity index (χ3n) is 3.29. The van der Waals surface area contributed by atoms with Crippen molar-refractivity contribution in [1.82, 2.24) is 0 Å². The third kappa shape index (κ3) is 4.20. The maximum Gasteiger partial charge on any atom is 0.308 e. The topological polar surface area (TPSA) is 46.5 Å². The molecule has 0 radical (unpaired) electrons. The van der Waals surface area contributed by atoms with Crippen molar-refractivity contribution < 1.29 is 14.6 Å². The number of ether oxygens (including phenoxy) is 1. The van der Waals surface area contributed by atoms with Crippen molar-refractivity contribution in [2.45, 2.75) is 52.1 Å². The lowest BCUT2D eigenvalue weighted by atomic mass is 9.79. The first-order valence-electron chi connectivity index (χ1n) is 5.97. The Hall–Kier alpha value is -0.570. The van der Waals surface area contributed by atoms with Crippen LogP contribution in [0.1, 0.15) is 46.0 Å². The van der Waals surface area contributed by atoms with Gasteiger partial charge in [0.1, 0.15) is 0 Å². The Balaban J connectivity index is 2.27. The number of aliphatic hydroxyl groups is 1. The van der Waals surface area contributed by atoms with E-state index < -0.39 is 6.10 Å². The average Bonchev–Trinajstić information content (AvgIpc) is 2.18. The summed E-state index contributed by atoms with van der Waals surface area (Å²) in [5.41, 5.74) is 0. The Morgan fingerprint density at radius 1 is 1.40 bits per heavy atom. The number of carbonyl (C=O) groups is 1. The highest BCUT2D eigenvalue weighted by molar-refractivity contribution is 5.69. The SMILES string of the molecule is CCOC(=O)CC(O)C1CCC(C)CC1. The fourth-order valence-electron chi connectivity index (χ4n) is 2.23. The molecule has 1 N–H and O–H groups in total. The Morgan fingerprint density at radius 3 is 2.53 bits per heavy atom. The Kier molecular flexibility index (Phi) is 5.09. The van der Waals surface area contributed by atoms with Crippen LogP contribution < -0.4 is 0 Å². The minimum atomic E-state index is -0.503. The Bertz CT molecular complexity index is 195. The number of aliphatic hydroxyl groups excluding tert-OH is 1. The molecule has 0 aromatic carbocycles. The molecule has 0 heterocycles. The molecule has 1 rings (SSSR count). The van der Waals surface area contributed by atoms with Gasteiger partial charge in [-0.05, 0) is 31.6 Å². The van der Waals surface area contributed by atoms with Crippen LogP contribution in [-0.4, -0.2) is 23.8 Å². The molecule has 0 bridgehead atoms. The summed E-state index contributed by atoms with van der Waals surface area (Å²) in [6.45, 7) is 4.42. The zero-order valence-electron chi connectivity index (χ0n) is 9.74. The highest BCUT2D eigenvalue weighted by Gasteiger charge is 2.26. The standard InChI is InChI=1S/C12H22O3/c1-3-15-12(14)8-11(13)10-6-4-9(2)5-7-10/h9-11,13H,3-8H2,1-2H3. The van der Waals surface area contributed by atoms with Gasteiger partial charge in [-0.25, -0.2) is 0 Å². The minimum Gasteiger partial charge on any atom is -0.466 e. The molecule has 3 nitrogen and oxygen atoms in total. The molecule has 0 aromatic heterocycles. The van der Waals surface area contributed by atoms with Gasteiger partial charge < -0.3 is 9.84 Å². The van der Waals surface area contributed by atoms with Crippen LogP contribution in [0.2, 0.25) is 0 Å². The first kappa shape index (κ1) is 12.5. The zero-order chi connectivity index (χ0) is 11.3. The van der Waals surface area contributed by atoms with Gasteiger partial charge in [-0.15, -0.1) is 0 Å². The third-order valence-corrected chi connectivity index (χ3v) is 3.29. The molecule has 1 aliphatic rings. The van der Waals surface area contributed by atoms with Crippen LogP contribution in [0, 0.1) is 11.8 Å². The van der Waals surface area contributed by atoms with E-state index in [4.69, 9.17) is 4.74 Å². The summed E-state index contributed by atoms with van der Waals surface area (Å²) in [5, 5.41) is 9.86. The Labute approximate surface area is 91.8 Å². The van der Waals surface area contributed by atoms with E-state index in [0.717, 1.165) is 18.8 Å². The van der Waals surface area contributed by atoms with E-state index in [-0.39, 0.29) is 12.4 Å². The normalized spacial score (nSPS) is 28.5.